The molecule has 1 unspecified atom stereocenters. The number of halogens is 1. The molecule has 0 aliphatic carbocycles. The van der Waals surface area contributed by atoms with Crippen LogP contribution in [0.2, 0.25) is 5.02 Å². The van der Waals surface area contributed by atoms with Crippen molar-refractivity contribution in [1.82, 2.24) is 5.32 Å². The van der Waals surface area contributed by atoms with Crippen molar-refractivity contribution in [2.45, 2.75) is 32.3 Å². The monoisotopic (exact) mass is 315 g/mol. The van der Waals surface area contributed by atoms with Crippen molar-refractivity contribution in [2.75, 3.05) is 32.9 Å². The highest BCUT2D eigenvalue weighted by Crippen LogP contribution is 2.22. The summed E-state index contributed by atoms with van der Waals surface area (Å²) in [6.45, 7) is 5.31. The van der Waals surface area contributed by atoms with Gasteiger partial charge in [-0.1, -0.05) is 37.1 Å². The van der Waals surface area contributed by atoms with Gasteiger partial charge in [-0.25, -0.2) is 0 Å². The van der Waals surface area contributed by atoms with Crippen LogP contribution in [0.5, 0.6) is 5.75 Å². The molecule has 0 saturated heterocycles. The quantitative estimate of drug-likeness (QED) is 0.582. The molecular weight excluding hydrogens is 290 g/mol. The number of aliphatic hydroxyl groups excluding tert-OH is 1. The lowest BCUT2D eigenvalue weighted by atomic mass is 10.3. The summed E-state index contributed by atoms with van der Waals surface area (Å²) in [6, 6.07) is 7.25. The van der Waals surface area contributed by atoms with Crippen molar-refractivity contribution in [1.29, 1.82) is 0 Å². The van der Waals surface area contributed by atoms with Gasteiger partial charge in [0.25, 0.3) is 0 Å². The molecule has 0 aliphatic rings. The van der Waals surface area contributed by atoms with Crippen molar-refractivity contribution in [2.24, 2.45) is 0 Å². The minimum Gasteiger partial charge on any atom is -0.489 e. The smallest absolute Gasteiger partial charge is 0.138 e. The predicted octanol–water partition coefficient (Wildman–Crippen LogP) is 2.88. The SMILES string of the molecule is CCCCOCCCNCC(O)COc1ccccc1Cl. The summed E-state index contributed by atoms with van der Waals surface area (Å²) < 4.78 is 10.9. The second kappa shape index (κ2) is 11.8. The Morgan fingerprint density at radius 3 is 2.76 bits per heavy atom. The zero-order valence-corrected chi connectivity index (χ0v) is 13.4. The summed E-state index contributed by atoms with van der Waals surface area (Å²) in [7, 11) is 0. The van der Waals surface area contributed by atoms with E-state index in [0.29, 0.717) is 17.3 Å². The summed E-state index contributed by atoms with van der Waals surface area (Å²) in [5.41, 5.74) is 0. The third-order valence-electron chi connectivity index (χ3n) is 2.93. The molecular formula is C16H26ClNO3. The van der Waals surface area contributed by atoms with Gasteiger partial charge in [0.1, 0.15) is 18.5 Å². The third-order valence-corrected chi connectivity index (χ3v) is 3.24. The maximum atomic E-state index is 9.81. The lowest BCUT2D eigenvalue weighted by molar-refractivity contribution is 0.103. The minimum absolute atomic E-state index is 0.226. The zero-order chi connectivity index (χ0) is 15.3. The number of hydrogen-bond acceptors (Lipinski definition) is 4. The molecule has 120 valence electrons. The maximum Gasteiger partial charge on any atom is 0.138 e. The molecule has 4 nitrogen and oxygen atoms in total. The van der Waals surface area contributed by atoms with Crippen molar-refractivity contribution in [3.8, 4) is 5.75 Å². The Balaban J connectivity index is 1.99. The summed E-state index contributed by atoms with van der Waals surface area (Å²) >= 11 is 5.97. The third kappa shape index (κ3) is 8.94. The highest BCUT2D eigenvalue weighted by atomic mass is 35.5. The highest BCUT2D eigenvalue weighted by molar-refractivity contribution is 6.32. The Labute approximate surface area is 132 Å². The van der Waals surface area contributed by atoms with Gasteiger partial charge in [0.2, 0.25) is 0 Å². The average Bonchev–Trinajstić information content (AvgIpc) is 2.49. The van der Waals surface area contributed by atoms with Crippen molar-refractivity contribution in [3.05, 3.63) is 29.3 Å². The molecule has 0 aliphatic heterocycles. The van der Waals surface area contributed by atoms with Gasteiger partial charge in [-0.05, 0) is 31.5 Å². The Hall–Kier alpha value is -0.810. The van der Waals surface area contributed by atoms with Gasteiger partial charge in [-0.2, -0.15) is 0 Å². The second-order valence-corrected chi connectivity index (χ2v) is 5.33. The van der Waals surface area contributed by atoms with Gasteiger partial charge in [-0.15, -0.1) is 0 Å². The molecule has 0 fully saturated rings. The molecule has 1 rings (SSSR count). The van der Waals surface area contributed by atoms with Crippen molar-refractivity contribution < 1.29 is 14.6 Å². The fourth-order valence-electron chi connectivity index (χ4n) is 1.72. The summed E-state index contributed by atoms with van der Waals surface area (Å²) in [6.07, 6.45) is 2.67. The molecule has 1 atom stereocenters. The molecule has 5 heteroatoms. The zero-order valence-electron chi connectivity index (χ0n) is 12.7. The van der Waals surface area contributed by atoms with Gasteiger partial charge in [-0.3, -0.25) is 0 Å². The molecule has 2 N–H and O–H groups in total. The number of aliphatic hydroxyl groups is 1. The van der Waals surface area contributed by atoms with E-state index < -0.39 is 6.10 Å². The van der Waals surface area contributed by atoms with E-state index in [4.69, 9.17) is 21.1 Å². The van der Waals surface area contributed by atoms with E-state index in [0.717, 1.165) is 39.0 Å². The number of ether oxygens (including phenoxy) is 2. The molecule has 21 heavy (non-hydrogen) atoms. The van der Waals surface area contributed by atoms with Crippen LogP contribution in [-0.2, 0) is 4.74 Å². The van der Waals surface area contributed by atoms with Gasteiger partial charge in [0.15, 0.2) is 0 Å². The van der Waals surface area contributed by atoms with Crippen molar-refractivity contribution in [3.63, 3.8) is 0 Å². The van der Waals surface area contributed by atoms with E-state index in [9.17, 15) is 5.11 Å². The van der Waals surface area contributed by atoms with Crippen LogP contribution in [0.4, 0.5) is 0 Å². The molecule has 0 bridgehead atoms. The number of hydrogen-bond donors (Lipinski definition) is 2. The van der Waals surface area contributed by atoms with E-state index in [-0.39, 0.29) is 6.61 Å². The molecule has 1 aromatic carbocycles. The number of unbranched alkanes of at least 4 members (excludes halogenated alkanes) is 1. The summed E-state index contributed by atoms with van der Waals surface area (Å²) in [5.74, 6) is 0.600. The van der Waals surface area contributed by atoms with Gasteiger partial charge in [0.05, 0.1) is 5.02 Å². The largest absolute Gasteiger partial charge is 0.489 e. The van der Waals surface area contributed by atoms with Crippen LogP contribution in [0.25, 0.3) is 0 Å². The summed E-state index contributed by atoms with van der Waals surface area (Å²) in [5, 5.41) is 13.6. The van der Waals surface area contributed by atoms with Crippen LogP contribution < -0.4 is 10.1 Å². The lowest BCUT2D eigenvalue weighted by Gasteiger charge is -2.14. The Kier molecular flexibility index (Phi) is 10.3. The number of benzene rings is 1. The van der Waals surface area contributed by atoms with Gasteiger partial charge in [0, 0.05) is 19.8 Å². The van der Waals surface area contributed by atoms with Crippen LogP contribution in [0.3, 0.4) is 0 Å². The first-order valence-electron chi connectivity index (χ1n) is 7.58. The molecule has 0 saturated carbocycles. The molecule has 0 amide bonds. The van der Waals surface area contributed by atoms with E-state index >= 15 is 0 Å². The van der Waals surface area contributed by atoms with E-state index in [2.05, 4.69) is 12.2 Å². The Morgan fingerprint density at radius 2 is 2.00 bits per heavy atom. The van der Waals surface area contributed by atoms with E-state index in [1.54, 1.807) is 12.1 Å². The van der Waals surface area contributed by atoms with E-state index in [1.807, 2.05) is 12.1 Å². The first-order chi connectivity index (χ1) is 10.2. The van der Waals surface area contributed by atoms with Crippen LogP contribution in [-0.4, -0.2) is 44.1 Å². The van der Waals surface area contributed by atoms with Gasteiger partial charge >= 0.3 is 0 Å². The minimum atomic E-state index is -0.553. The van der Waals surface area contributed by atoms with Crippen LogP contribution in [0, 0.1) is 0 Å². The number of nitrogens with one attached hydrogen (secondary N) is 1. The first kappa shape index (κ1) is 18.2. The standard InChI is InChI=1S/C16H26ClNO3/c1-2-3-10-20-11-6-9-18-12-14(19)13-21-16-8-5-4-7-15(16)17/h4-5,7-8,14,18-19H,2-3,6,9-13H2,1H3. The summed E-state index contributed by atoms with van der Waals surface area (Å²) in [4.78, 5) is 0. The van der Waals surface area contributed by atoms with E-state index in [1.165, 1.54) is 0 Å². The van der Waals surface area contributed by atoms with Crippen LogP contribution >= 0.6 is 11.6 Å². The second-order valence-electron chi connectivity index (χ2n) is 4.92. The average molecular weight is 316 g/mol. The lowest BCUT2D eigenvalue weighted by Crippen LogP contribution is -2.32. The topological polar surface area (TPSA) is 50.7 Å². The molecule has 0 heterocycles. The predicted molar refractivity (Wildman–Crippen MR) is 86.2 cm³/mol. The Morgan fingerprint density at radius 1 is 1.24 bits per heavy atom. The van der Waals surface area contributed by atoms with Gasteiger partial charge < -0.3 is 19.9 Å². The number of para-hydroxylation sites is 1. The highest BCUT2D eigenvalue weighted by Gasteiger charge is 2.06. The van der Waals surface area contributed by atoms with Crippen molar-refractivity contribution >= 4 is 11.6 Å². The normalized spacial score (nSPS) is 12.3. The molecule has 1 aromatic rings. The molecule has 0 radical (unpaired) electrons. The molecule has 0 spiro atoms. The van der Waals surface area contributed by atoms with Crippen LogP contribution in [0.1, 0.15) is 26.2 Å². The number of rotatable bonds is 12. The fourth-order valence-corrected chi connectivity index (χ4v) is 1.91. The Bertz CT molecular complexity index is 376. The molecule has 0 aromatic heterocycles. The van der Waals surface area contributed by atoms with Crippen LogP contribution in [0.15, 0.2) is 24.3 Å². The fraction of sp³-hybridized carbons (Fsp3) is 0.625. The maximum absolute atomic E-state index is 9.81. The first-order valence-corrected chi connectivity index (χ1v) is 7.95.